The first-order chi connectivity index (χ1) is 14.1. The molecule has 2 heterocycles. The number of piperazine rings is 1. The van der Waals surface area contributed by atoms with Crippen LogP contribution in [0.4, 0.5) is 0 Å². The third-order valence-corrected chi connectivity index (χ3v) is 5.75. The van der Waals surface area contributed by atoms with Crippen LogP contribution in [0.3, 0.4) is 0 Å². The maximum absolute atomic E-state index is 12.7. The van der Waals surface area contributed by atoms with E-state index in [0.717, 1.165) is 36.5 Å². The zero-order valence-electron chi connectivity index (χ0n) is 16.8. The minimum Gasteiger partial charge on any atom is -0.492 e. The minimum atomic E-state index is -0.216. The normalized spacial score (nSPS) is 19.0. The monoisotopic (exact) mass is 393 g/mol. The van der Waals surface area contributed by atoms with Crippen molar-refractivity contribution < 1.29 is 14.3 Å². The van der Waals surface area contributed by atoms with Crippen LogP contribution >= 0.6 is 0 Å². The van der Waals surface area contributed by atoms with Gasteiger partial charge in [0.1, 0.15) is 12.4 Å². The molecule has 2 aromatic carbocycles. The second-order valence-electron chi connectivity index (χ2n) is 7.65. The molecule has 0 aliphatic carbocycles. The van der Waals surface area contributed by atoms with Crippen LogP contribution in [-0.2, 0) is 4.79 Å². The van der Waals surface area contributed by atoms with E-state index in [0.29, 0.717) is 31.7 Å². The van der Waals surface area contributed by atoms with Crippen LogP contribution in [0.5, 0.6) is 5.75 Å². The van der Waals surface area contributed by atoms with Crippen LogP contribution in [0.1, 0.15) is 33.9 Å². The number of nitrogens with zero attached hydrogens (tertiary/aromatic N) is 2. The van der Waals surface area contributed by atoms with Crippen LogP contribution in [-0.4, -0.2) is 60.9 Å². The molecule has 1 atom stereocenters. The number of hydrogen-bond donors (Lipinski definition) is 1. The first-order valence-corrected chi connectivity index (χ1v) is 10.2. The van der Waals surface area contributed by atoms with Gasteiger partial charge in [-0.1, -0.05) is 36.4 Å². The molecule has 2 amide bonds. The van der Waals surface area contributed by atoms with E-state index in [4.69, 9.17) is 4.74 Å². The zero-order chi connectivity index (χ0) is 20.2. The highest BCUT2D eigenvalue weighted by Crippen LogP contribution is 2.28. The van der Waals surface area contributed by atoms with E-state index in [1.54, 1.807) is 0 Å². The lowest BCUT2D eigenvalue weighted by Crippen LogP contribution is -2.50. The second-order valence-corrected chi connectivity index (χ2v) is 7.65. The number of benzene rings is 2. The fraction of sp³-hybridized carbons (Fsp3) is 0.391. The van der Waals surface area contributed by atoms with Crippen molar-refractivity contribution in [2.45, 2.75) is 19.4 Å². The molecule has 4 rings (SSSR count). The van der Waals surface area contributed by atoms with Gasteiger partial charge in [-0.05, 0) is 30.2 Å². The highest BCUT2D eigenvalue weighted by Gasteiger charge is 2.31. The van der Waals surface area contributed by atoms with Crippen molar-refractivity contribution >= 4 is 11.8 Å². The van der Waals surface area contributed by atoms with Gasteiger partial charge in [-0.3, -0.25) is 14.5 Å². The summed E-state index contributed by atoms with van der Waals surface area (Å²) in [7, 11) is 0. The number of ether oxygens (including phenoxy) is 1. The predicted molar refractivity (Wildman–Crippen MR) is 111 cm³/mol. The Morgan fingerprint density at radius 2 is 1.79 bits per heavy atom. The molecule has 1 unspecified atom stereocenters. The Morgan fingerprint density at radius 1 is 1.07 bits per heavy atom. The number of fused-ring (bicyclic) bond motifs is 1. The molecular weight excluding hydrogens is 366 g/mol. The van der Waals surface area contributed by atoms with Crippen molar-refractivity contribution in [3.8, 4) is 5.75 Å². The Bertz CT molecular complexity index is 890. The van der Waals surface area contributed by atoms with E-state index in [2.05, 4.69) is 10.2 Å². The summed E-state index contributed by atoms with van der Waals surface area (Å²) in [6.07, 6.45) is 0.319. The Labute approximate surface area is 171 Å². The van der Waals surface area contributed by atoms with Crippen LogP contribution < -0.4 is 10.1 Å². The standard InChI is InChI=1S/C23H27N3O3/c1-17-6-2-5-9-21(17)29-15-14-25-10-12-26(13-11-25)22(27)16-20-18-7-3-4-8-19(18)23(28)24-20/h2-9,20H,10-16H2,1H3,(H,24,28). The fourth-order valence-corrected chi connectivity index (χ4v) is 4.01. The SMILES string of the molecule is Cc1ccccc1OCCN1CCN(C(=O)CC2NC(=O)c3ccccc32)CC1. The minimum absolute atomic E-state index is 0.0862. The molecule has 6 heteroatoms. The molecule has 0 radical (unpaired) electrons. The summed E-state index contributed by atoms with van der Waals surface area (Å²) in [6, 6.07) is 15.3. The predicted octanol–water partition coefficient (Wildman–Crippen LogP) is 2.39. The molecule has 29 heavy (non-hydrogen) atoms. The lowest BCUT2D eigenvalue weighted by atomic mass is 10.0. The highest BCUT2D eigenvalue weighted by molar-refractivity contribution is 5.99. The maximum atomic E-state index is 12.7. The number of aryl methyl sites for hydroxylation is 1. The molecule has 2 aliphatic heterocycles. The number of rotatable bonds is 6. The summed E-state index contributed by atoms with van der Waals surface area (Å²) >= 11 is 0. The number of amides is 2. The molecule has 2 aliphatic rings. The van der Waals surface area contributed by atoms with Gasteiger partial charge >= 0.3 is 0 Å². The molecule has 0 saturated carbocycles. The van der Waals surface area contributed by atoms with E-state index in [1.807, 2.05) is 60.4 Å². The first kappa shape index (κ1) is 19.5. The van der Waals surface area contributed by atoms with Gasteiger partial charge in [0.25, 0.3) is 5.91 Å². The second kappa shape index (κ2) is 8.66. The summed E-state index contributed by atoms with van der Waals surface area (Å²) in [5.74, 6) is 0.944. The third-order valence-electron chi connectivity index (χ3n) is 5.75. The molecule has 152 valence electrons. The average molecular weight is 393 g/mol. The van der Waals surface area contributed by atoms with Crippen LogP contribution in [0.25, 0.3) is 0 Å². The Hall–Kier alpha value is -2.86. The van der Waals surface area contributed by atoms with Gasteiger partial charge in [0.15, 0.2) is 0 Å². The smallest absolute Gasteiger partial charge is 0.252 e. The molecule has 1 fully saturated rings. The number of nitrogens with one attached hydrogen (secondary N) is 1. The summed E-state index contributed by atoms with van der Waals surface area (Å²) in [5, 5.41) is 2.93. The van der Waals surface area contributed by atoms with Crippen molar-refractivity contribution in [3.05, 3.63) is 65.2 Å². The number of carbonyl (C=O) groups excluding carboxylic acids is 2. The van der Waals surface area contributed by atoms with Gasteiger partial charge in [0, 0.05) is 38.3 Å². The van der Waals surface area contributed by atoms with E-state index in [-0.39, 0.29) is 17.9 Å². The summed E-state index contributed by atoms with van der Waals surface area (Å²) in [6.45, 7) is 6.65. The van der Waals surface area contributed by atoms with Gasteiger partial charge in [0.05, 0.1) is 12.5 Å². The molecule has 6 nitrogen and oxygen atoms in total. The van der Waals surface area contributed by atoms with Crippen molar-refractivity contribution in [1.82, 2.24) is 15.1 Å². The Balaban J connectivity index is 1.22. The van der Waals surface area contributed by atoms with Gasteiger partial charge < -0.3 is 15.0 Å². The van der Waals surface area contributed by atoms with Crippen molar-refractivity contribution in [3.63, 3.8) is 0 Å². The molecule has 0 spiro atoms. The molecule has 1 N–H and O–H groups in total. The molecule has 0 aromatic heterocycles. The van der Waals surface area contributed by atoms with Crippen molar-refractivity contribution in [1.29, 1.82) is 0 Å². The van der Waals surface area contributed by atoms with Gasteiger partial charge in [0.2, 0.25) is 5.91 Å². The number of para-hydroxylation sites is 1. The van der Waals surface area contributed by atoms with Crippen molar-refractivity contribution in [2.24, 2.45) is 0 Å². The van der Waals surface area contributed by atoms with E-state index in [1.165, 1.54) is 0 Å². The average Bonchev–Trinajstić information content (AvgIpc) is 3.05. The van der Waals surface area contributed by atoms with Gasteiger partial charge in [-0.25, -0.2) is 0 Å². The van der Waals surface area contributed by atoms with Crippen LogP contribution in [0, 0.1) is 6.92 Å². The lowest BCUT2D eigenvalue weighted by molar-refractivity contribution is -0.133. The largest absolute Gasteiger partial charge is 0.492 e. The Morgan fingerprint density at radius 3 is 2.59 bits per heavy atom. The Kier molecular flexibility index (Phi) is 5.81. The van der Waals surface area contributed by atoms with E-state index >= 15 is 0 Å². The number of hydrogen-bond acceptors (Lipinski definition) is 4. The fourth-order valence-electron chi connectivity index (χ4n) is 4.01. The quantitative estimate of drug-likeness (QED) is 0.819. The molecular formula is C23H27N3O3. The molecule has 2 aromatic rings. The van der Waals surface area contributed by atoms with Gasteiger partial charge in [-0.15, -0.1) is 0 Å². The summed E-state index contributed by atoms with van der Waals surface area (Å²) in [5.41, 5.74) is 2.75. The molecule has 0 bridgehead atoms. The van der Waals surface area contributed by atoms with Crippen LogP contribution in [0.15, 0.2) is 48.5 Å². The molecule has 1 saturated heterocycles. The van der Waals surface area contributed by atoms with E-state index < -0.39 is 0 Å². The van der Waals surface area contributed by atoms with Crippen LogP contribution in [0.2, 0.25) is 0 Å². The first-order valence-electron chi connectivity index (χ1n) is 10.2. The van der Waals surface area contributed by atoms with E-state index in [9.17, 15) is 9.59 Å². The van der Waals surface area contributed by atoms with Crippen molar-refractivity contribution in [2.75, 3.05) is 39.3 Å². The topological polar surface area (TPSA) is 61.9 Å². The summed E-state index contributed by atoms with van der Waals surface area (Å²) in [4.78, 5) is 29.0. The highest BCUT2D eigenvalue weighted by atomic mass is 16.5. The van der Waals surface area contributed by atoms with Gasteiger partial charge in [-0.2, -0.15) is 0 Å². The lowest BCUT2D eigenvalue weighted by Gasteiger charge is -2.35. The third kappa shape index (κ3) is 4.43. The maximum Gasteiger partial charge on any atom is 0.252 e. The number of carbonyl (C=O) groups is 2. The summed E-state index contributed by atoms with van der Waals surface area (Å²) < 4.78 is 5.88. The zero-order valence-corrected chi connectivity index (χ0v) is 16.8.